The summed E-state index contributed by atoms with van der Waals surface area (Å²) in [4.78, 5) is 0. The lowest BCUT2D eigenvalue weighted by atomic mass is 9.94. The lowest BCUT2D eigenvalue weighted by molar-refractivity contribution is 0.242. The van der Waals surface area contributed by atoms with E-state index in [0.29, 0.717) is 12.1 Å². The van der Waals surface area contributed by atoms with Crippen molar-refractivity contribution in [3.05, 3.63) is 29.8 Å². The zero-order valence-corrected chi connectivity index (χ0v) is 12.5. The summed E-state index contributed by atoms with van der Waals surface area (Å²) in [6.07, 6.45) is 7.08. The maximum Gasteiger partial charge on any atom is 0.119 e. The van der Waals surface area contributed by atoms with Crippen molar-refractivity contribution < 1.29 is 4.74 Å². The van der Waals surface area contributed by atoms with Gasteiger partial charge in [-0.25, -0.2) is 0 Å². The summed E-state index contributed by atoms with van der Waals surface area (Å²) in [7, 11) is 0. The van der Waals surface area contributed by atoms with Gasteiger partial charge in [0.2, 0.25) is 0 Å². The van der Waals surface area contributed by atoms with Crippen LogP contribution in [0.5, 0.6) is 5.75 Å². The highest BCUT2D eigenvalue weighted by Crippen LogP contribution is 2.23. The number of ether oxygens (including phenoxy) is 1. The molecule has 2 rings (SSSR count). The van der Waals surface area contributed by atoms with Crippen LogP contribution in [-0.4, -0.2) is 12.1 Å². The first-order valence-corrected chi connectivity index (χ1v) is 7.68. The average Bonchev–Trinajstić information content (AvgIpc) is 2.40. The third kappa shape index (κ3) is 4.54. The minimum Gasteiger partial charge on any atom is -0.491 e. The molecule has 0 amide bonds. The molecule has 1 unspecified atom stereocenters. The van der Waals surface area contributed by atoms with Crippen LogP contribution in [-0.2, 0) is 0 Å². The summed E-state index contributed by atoms with van der Waals surface area (Å²) in [5.41, 5.74) is 1.35. The van der Waals surface area contributed by atoms with Crippen LogP contribution in [0.15, 0.2) is 24.3 Å². The zero-order chi connectivity index (χ0) is 13.7. The van der Waals surface area contributed by atoms with Gasteiger partial charge in [0.15, 0.2) is 0 Å². The summed E-state index contributed by atoms with van der Waals surface area (Å²) in [5.74, 6) is 0.962. The molecule has 2 heteroatoms. The monoisotopic (exact) mass is 261 g/mol. The van der Waals surface area contributed by atoms with Crippen LogP contribution in [0.4, 0.5) is 0 Å². The molecule has 106 valence electrons. The fourth-order valence-electron chi connectivity index (χ4n) is 2.83. The number of hydrogen-bond acceptors (Lipinski definition) is 2. The highest BCUT2D eigenvalue weighted by molar-refractivity contribution is 5.29. The zero-order valence-electron chi connectivity index (χ0n) is 12.5. The molecule has 1 saturated carbocycles. The molecule has 0 bridgehead atoms. The first kappa shape index (κ1) is 14.4. The standard InChI is InChI=1S/C17H27NO/c1-13(2)19-17-11-9-15(10-12-17)14(3)18-16-7-5-4-6-8-16/h9-14,16,18H,4-8H2,1-3H3. The fourth-order valence-corrected chi connectivity index (χ4v) is 2.83. The lowest BCUT2D eigenvalue weighted by Gasteiger charge is -2.27. The maximum absolute atomic E-state index is 5.68. The number of nitrogens with one attached hydrogen (secondary N) is 1. The van der Waals surface area contributed by atoms with E-state index in [9.17, 15) is 0 Å². The molecule has 0 aliphatic heterocycles. The fraction of sp³-hybridized carbons (Fsp3) is 0.647. The van der Waals surface area contributed by atoms with E-state index in [1.165, 1.54) is 37.7 Å². The Morgan fingerprint density at radius 3 is 2.21 bits per heavy atom. The van der Waals surface area contributed by atoms with Crippen LogP contribution in [0, 0.1) is 0 Å². The molecule has 2 nitrogen and oxygen atoms in total. The van der Waals surface area contributed by atoms with Crippen LogP contribution in [0.1, 0.15) is 64.5 Å². The molecule has 1 atom stereocenters. The Balaban J connectivity index is 1.89. The van der Waals surface area contributed by atoms with Gasteiger partial charge in [0.05, 0.1) is 6.10 Å². The lowest BCUT2D eigenvalue weighted by Crippen LogP contribution is -2.33. The maximum atomic E-state index is 5.68. The van der Waals surface area contributed by atoms with Crippen molar-refractivity contribution in [3.63, 3.8) is 0 Å². The minimum absolute atomic E-state index is 0.239. The van der Waals surface area contributed by atoms with Crippen LogP contribution in [0.3, 0.4) is 0 Å². The highest BCUT2D eigenvalue weighted by atomic mass is 16.5. The molecule has 1 aromatic carbocycles. The highest BCUT2D eigenvalue weighted by Gasteiger charge is 2.16. The molecule has 0 heterocycles. The summed E-state index contributed by atoms with van der Waals surface area (Å²) >= 11 is 0. The Kier molecular flexibility index (Phi) is 5.26. The predicted molar refractivity (Wildman–Crippen MR) is 80.6 cm³/mol. The van der Waals surface area contributed by atoms with Gasteiger partial charge in [0, 0.05) is 12.1 Å². The van der Waals surface area contributed by atoms with Crippen molar-refractivity contribution >= 4 is 0 Å². The van der Waals surface area contributed by atoms with Crippen molar-refractivity contribution in [1.29, 1.82) is 0 Å². The van der Waals surface area contributed by atoms with Crippen molar-refractivity contribution in [2.75, 3.05) is 0 Å². The van der Waals surface area contributed by atoms with Crippen molar-refractivity contribution in [1.82, 2.24) is 5.32 Å². The van der Waals surface area contributed by atoms with Gasteiger partial charge in [0.25, 0.3) is 0 Å². The van der Waals surface area contributed by atoms with E-state index in [2.05, 4.69) is 50.4 Å². The summed E-state index contributed by atoms with van der Waals surface area (Å²) in [5, 5.41) is 3.75. The second kappa shape index (κ2) is 6.95. The molecule has 0 saturated heterocycles. The Morgan fingerprint density at radius 1 is 1.00 bits per heavy atom. The largest absolute Gasteiger partial charge is 0.491 e. The van der Waals surface area contributed by atoms with Crippen molar-refractivity contribution in [2.24, 2.45) is 0 Å². The third-order valence-electron chi connectivity index (χ3n) is 3.84. The number of benzene rings is 1. The third-order valence-corrected chi connectivity index (χ3v) is 3.84. The van der Waals surface area contributed by atoms with E-state index in [4.69, 9.17) is 4.74 Å². The number of rotatable bonds is 5. The van der Waals surface area contributed by atoms with E-state index in [0.717, 1.165) is 5.75 Å². The normalized spacial score (nSPS) is 18.5. The van der Waals surface area contributed by atoms with Gasteiger partial charge in [-0.05, 0) is 51.3 Å². The van der Waals surface area contributed by atoms with Crippen molar-refractivity contribution in [3.8, 4) is 5.75 Å². The smallest absolute Gasteiger partial charge is 0.119 e. The molecule has 1 aliphatic carbocycles. The molecule has 1 aliphatic rings. The number of hydrogen-bond donors (Lipinski definition) is 1. The first-order chi connectivity index (χ1) is 9.15. The van der Waals surface area contributed by atoms with E-state index in [-0.39, 0.29) is 6.10 Å². The topological polar surface area (TPSA) is 21.3 Å². The van der Waals surface area contributed by atoms with E-state index in [1.807, 2.05) is 0 Å². The Morgan fingerprint density at radius 2 is 1.63 bits per heavy atom. The van der Waals surface area contributed by atoms with Gasteiger partial charge < -0.3 is 10.1 Å². The Labute approximate surface area is 117 Å². The second-order valence-electron chi connectivity index (χ2n) is 5.96. The van der Waals surface area contributed by atoms with Gasteiger partial charge in [-0.15, -0.1) is 0 Å². The molecule has 1 fully saturated rings. The van der Waals surface area contributed by atoms with Crippen molar-refractivity contribution in [2.45, 2.75) is 71.1 Å². The van der Waals surface area contributed by atoms with Gasteiger partial charge in [-0.3, -0.25) is 0 Å². The van der Waals surface area contributed by atoms with Crippen LogP contribution in [0.2, 0.25) is 0 Å². The Hall–Kier alpha value is -1.02. The van der Waals surface area contributed by atoms with Crippen LogP contribution >= 0.6 is 0 Å². The first-order valence-electron chi connectivity index (χ1n) is 7.68. The summed E-state index contributed by atoms with van der Waals surface area (Å²) in [6, 6.07) is 9.64. The summed E-state index contributed by atoms with van der Waals surface area (Å²) < 4.78 is 5.68. The van der Waals surface area contributed by atoms with E-state index >= 15 is 0 Å². The quantitative estimate of drug-likeness (QED) is 0.845. The molecular formula is C17H27NO. The van der Waals surface area contributed by atoms with Gasteiger partial charge in [-0.2, -0.15) is 0 Å². The van der Waals surface area contributed by atoms with E-state index in [1.54, 1.807) is 0 Å². The molecule has 0 spiro atoms. The SMILES string of the molecule is CC(C)Oc1ccc(C(C)NC2CCCCC2)cc1. The molecule has 1 N–H and O–H groups in total. The van der Waals surface area contributed by atoms with E-state index < -0.39 is 0 Å². The summed E-state index contributed by atoms with van der Waals surface area (Å²) in [6.45, 7) is 6.37. The molecule has 0 radical (unpaired) electrons. The molecule has 0 aromatic heterocycles. The Bertz CT molecular complexity index is 365. The molecular weight excluding hydrogens is 234 g/mol. The van der Waals surface area contributed by atoms with Crippen LogP contribution < -0.4 is 10.1 Å². The van der Waals surface area contributed by atoms with Gasteiger partial charge >= 0.3 is 0 Å². The molecule has 19 heavy (non-hydrogen) atoms. The van der Waals surface area contributed by atoms with Crippen LogP contribution in [0.25, 0.3) is 0 Å². The second-order valence-corrected chi connectivity index (χ2v) is 5.96. The minimum atomic E-state index is 0.239. The predicted octanol–water partition coefficient (Wildman–Crippen LogP) is 4.46. The van der Waals surface area contributed by atoms with Gasteiger partial charge in [0.1, 0.15) is 5.75 Å². The average molecular weight is 261 g/mol. The van der Waals surface area contributed by atoms with Gasteiger partial charge in [-0.1, -0.05) is 31.4 Å². The molecule has 1 aromatic rings.